The molecule has 3 heteroatoms. The fraction of sp³-hybridized carbons (Fsp3) is 0.273. The van der Waals surface area contributed by atoms with Crippen LogP contribution in [0.3, 0.4) is 0 Å². The zero-order chi connectivity index (χ0) is 10.1. The zero-order valence-electron chi connectivity index (χ0n) is 8.20. The molecule has 0 fully saturated rings. The minimum atomic E-state index is 0.339. The average molecular weight is 208 g/mol. The van der Waals surface area contributed by atoms with Crippen LogP contribution in [0.25, 0.3) is 10.1 Å². The molecule has 2 aromatic rings. The fourth-order valence-electron chi connectivity index (χ4n) is 1.55. The maximum absolute atomic E-state index is 9.55. The molecule has 1 aromatic carbocycles. The van der Waals surface area contributed by atoms with Crippen LogP contribution in [0, 0.1) is 0 Å². The Labute approximate surface area is 86.8 Å². The summed E-state index contributed by atoms with van der Waals surface area (Å²) in [5.74, 6) is 1.19. The van der Waals surface area contributed by atoms with Gasteiger partial charge in [0.15, 0.2) is 0 Å². The lowest BCUT2D eigenvalue weighted by atomic mass is 10.1. The second kappa shape index (κ2) is 3.50. The Balaban J connectivity index is 2.71. The van der Waals surface area contributed by atoms with E-state index >= 15 is 0 Å². The standard InChI is InChI=1S/C11H12O2S/c1-3-7-4-11-8(5-10(7)13-2)9(12)6-14-11/h4-6,12H,3H2,1-2H3. The number of benzene rings is 1. The Bertz CT molecular complexity index is 460. The number of ether oxygens (including phenoxy) is 1. The summed E-state index contributed by atoms with van der Waals surface area (Å²) in [6, 6.07) is 3.98. The smallest absolute Gasteiger partial charge is 0.134 e. The topological polar surface area (TPSA) is 29.5 Å². The van der Waals surface area contributed by atoms with Crippen LogP contribution in [0.4, 0.5) is 0 Å². The molecule has 0 saturated carbocycles. The van der Waals surface area contributed by atoms with Gasteiger partial charge in [-0.2, -0.15) is 0 Å². The van der Waals surface area contributed by atoms with Gasteiger partial charge in [0.2, 0.25) is 0 Å². The van der Waals surface area contributed by atoms with Gasteiger partial charge in [0.1, 0.15) is 11.5 Å². The van der Waals surface area contributed by atoms with Gasteiger partial charge in [0.05, 0.1) is 7.11 Å². The molecule has 14 heavy (non-hydrogen) atoms. The van der Waals surface area contributed by atoms with Crippen molar-refractivity contribution in [3.05, 3.63) is 23.1 Å². The lowest BCUT2D eigenvalue weighted by Crippen LogP contribution is -1.89. The Morgan fingerprint density at radius 3 is 2.86 bits per heavy atom. The number of aromatic hydroxyl groups is 1. The summed E-state index contributed by atoms with van der Waals surface area (Å²) >= 11 is 1.56. The molecule has 0 bridgehead atoms. The second-order valence-corrected chi connectivity index (χ2v) is 4.05. The predicted octanol–water partition coefficient (Wildman–Crippen LogP) is 3.18. The van der Waals surface area contributed by atoms with E-state index in [1.165, 1.54) is 5.56 Å². The van der Waals surface area contributed by atoms with Crippen molar-refractivity contribution < 1.29 is 9.84 Å². The van der Waals surface area contributed by atoms with Crippen molar-refractivity contribution in [2.45, 2.75) is 13.3 Å². The SMILES string of the molecule is CCc1cc2scc(O)c2cc1OC. The summed E-state index contributed by atoms with van der Waals surface area (Å²) in [6.07, 6.45) is 0.942. The molecule has 74 valence electrons. The molecule has 0 saturated heterocycles. The van der Waals surface area contributed by atoms with Crippen molar-refractivity contribution in [2.75, 3.05) is 7.11 Å². The first kappa shape index (κ1) is 9.34. The van der Waals surface area contributed by atoms with E-state index in [2.05, 4.69) is 13.0 Å². The van der Waals surface area contributed by atoms with Gasteiger partial charge in [-0.1, -0.05) is 6.92 Å². The lowest BCUT2D eigenvalue weighted by Gasteiger charge is -2.06. The van der Waals surface area contributed by atoms with Gasteiger partial charge >= 0.3 is 0 Å². The van der Waals surface area contributed by atoms with Crippen molar-refractivity contribution in [3.8, 4) is 11.5 Å². The molecule has 0 atom stereocenters. The van der Waals surface area contributed by atoms with Crippen LogP contribution in [-0.4, -0.2) is 12.2 Å². The molecule has 1 N–H and O–H groups in total. The lowest BCUT2D eigenvalue weighted by molar-refractivity contribution is 0.410. The van der Waals surface area contributed by atoms with Gasteiger partial charge in [-0.15, -0.1) is 11.3 Å². The highest BCUT2D eigenvalue weighted by Gasteiger charge is 2.08. The first-order valence-corrected chi connectivity index (χ1v) is 5.41. The van der Waals surface area contributed by atoms with E-state index in [-0.39, 0.29) is 0 Å². The van der Waals surface area contributed by atoms with Gasteiger partial charge < -0.3 is 9.84 Å². The molecule has 0 aliphatic heterocycles. The third-order valence-corrected chi connectivity index (χ3v) is 3.27. The van der Waals surface area contributed by atoms with Crippen LogP contribution in [0.1, 0.15) is 12.5 Å². The zero-order valence-corrected chi connectivity index (χ0v) is 9.02. The van der Waals surface area contributed by atoms with Crippen molar-refractivity contribution in [2.24, 2.45) is 0 Å². The summed E-state index contributed by atoms with van der Waals surface area (Å²) in [5, 5.41) is 12.2. The first-order valence-electron chi connectivity index (χ1n) is 4.53. The summed E-state index contributed by atoms with van der Waals surface area (Å²) < 4.78 is 6.37. The maximum Gasteiger partial charge on any atom is 0.134 e. The van der Waals surface area contributed by atoms with E-state index in [4.69, 9.17) is 4.74 Å². The van der Waals surface area contributed by atoms with Crippen LogP contribution in [0.5, 0.6) is 11.5 Å². The van der Waals surface area contributed by atoms with Crippen molar-refractivity contribution >= 4 is 21.4 Å². The number of methoxy groups -OCH3 is 1. The number of rotatable bonds is 2. The van der Waals surface area contributed by atoms with E-state index in [0.29, 0.717) is 5.75 Å². The largest absolute Gasteiger partial charge is 0.506 e. The molecule has 1 heterocycles. The molecular weight excluding hydrogens is 196 g/mol. The van der Waals surface area contributed by atoms with Gasteiger partial charge in [-0.25, -0.2) is 0 Å². The molecule has 2 rings (SSSR count). The van der Waals surface area contributed by atoms with Crippen molar-refractivity contribution in [1.82, 2.24) is 0 Å². The molecule has 0 spiro atoms. The quantitative estimate of drug-likeness (QED) is 0.821. The van der Waals surface area contributed by atoms with Gasteiger partial charge in [-0.3, -0.25) is 0 Å². The van der Waals surface area contributed by atoms with E-state index < -0.39 is 0 Å². The normalized spacial score (nSPS) is 10.7. The molecule has 0 amide bonds. The molecule has 0 aliphatic carbocycles. The third-order valence-electron chi connectivity index (χ3n) is 2.34. The number of fused-ring (bicyclic) bond motifs is 1. The van der Waals surface area contributed by atoms with Crippen molar-refractivity contribution in [1.29, 1.82) is 0 Å². The molecular formula is C11H12O2S. The van der Waals surface area contributed by atoms with Crippen molar-refractivity contribution in [3.63, 3.8) is 0 Å². The van der Waals surface area contributed by atoms with Gasteiger partial charge in [0.25, 0.3) is 0 Å². The molecule has 1 aromatic heterocycles. The van der Waals surface area contributed by atoms with Crippen LogP contribution >= 0.6 is 11.3 Å². The number of aryl methyl sites for hydroxylation is 1. The predicted molar refractivity (Wildman–Crippen MR) is 59.4 cm³/mol. The average Bonchev–Trinajstić information content (AvgIpc) is 2.58. The molecule has 0 radical (unpaired) electrons. The highest BCUT2D eigenvalue weighted by atomic mass is 32.1. The van der Waals surface area contributed by atoms with E-state index in [1.807, 2.05) is 6.07 Å². The molecule has 0 aliphatic rings. The van der Waals surface area contributed by atoms with Gasteiger partial charge in [0, 0.05) is 15.5 Å². The minimum absolute atomic E-state index is 0.339. The van der Waals surface area contributed by atoms with Crippen LogP contribution < -0.4 is 4.74 Å². The second-order valence-electron chi connectivity index (χ2n) is 3.13. The monoisotopic (exact) mass is 208 g/mol. The summed E-state index contributed by atoms with van der Waals surface area (Å²) in [5.41, 5.74) is 1.18. The number of hydrogen-bond donors (Lipinski definition) is 1. The fourth-order valence-corrected chi connectivity index (χ4v) is 2.42. The summed E-state index contributed by atoms with van der Waals surface area (Å²) in [7, 11) is 1.66. The van der Waals surface area contributed by atoms with E-state index in [0.717, 1.165) is 22.3 Å². The number of thiophene rings is 1. The summed E-state index contributed by atoms with van der Waals surface area (Å²) in [6.45, 7) is 2.09. The highest BCUT2D eigenvalue weighted by molar-refractivity contribution is 7.17. The summed E-state index contributed by atoms with van der Waals surface area (Å²) in [4.78, 5) is 0. The Hall–Kier alpha value is -1.22. The maximum atomic E-state index is 9.55. The number of hydrogen-bond acceptors (Lipinski definition) is 3. The van der Waals surface area contributed by atoms with E-state index in [9.17, 15) is 5.11 Å². The minimum Gasteiger partial charge on any atom is -0.506 e. The van der Waals surface area contributed by atoms with E-state index in [1.54, 1.807) is 23.8 Å². The third kappa shape index (κ3) is 1.34. The molecule has 0 unspecified atom stereocenters. The van der Waals surface area contributed by atoms with Crippen LogP contribution in [-0.2, 0) is 6.42 Å². The van der Waals surface area contributed by atoms with Crippen LogP contribution in [0.2, 0.25) is 0 Å². The van der Waals surface area contributed by atoms with Crippen LogP contribution in [0.15, 0.2) is 17.5 Å². The Morgan fingerprint density at radius 2 is 2.21 bits per heavy atom. The Kier molecular flexibility index (Phi) is 2.33. The Morgan fingerprint density at radius 1 is 1.43 bits per heavy atom. The van der Waals surface area contributed by atoms with Gasteiger partial charge in [-0.05, 0) is 24.1 Å². The first-order chi connectivity index (χ1) is 6.76. The highest BCUT2D eigenvalue weighted by Crippen LogP contribution is 2.36. The molecule has 2 nitrogen and oxygen atoms in total.